The third kappa shape index (κ3) is 2.44. The number of halogens is 1. The molecule has 1 unspecified atom stereocenters. The van der Waals surface area contributed by atoms with Crippen LogP contribution in [0.4, 0.5) is 5.82 Å². The molecule has 92 valence electrons. The van der Waals surface area contributed by atoms with Crippen molar-refractivity contribution in [2.24, 2.45) is 5.73 Å². The van der Waals surface area contributed by atoms with Gasteiger partial charge in [-0.3, -0.25) is 4.79 Å². The second-order valence-electron chi connectivity index (χ2n) is 4.37. The average molecular weight is 298 g/mol. The van der Waals surface area contributed by atoms with Gasteiger partial charge in [0.25, 0.3) is 0 Å². The zero-order chi connectivity index (χ0) is 12.4. The van der Waals surface area contributed by atoms with Gasteiger partial charge in [0, 0.05) is 12.7 Å². The van der Waals surface area contributed by atoms with Crippen LogP contribution in [0.2, 0.25) is 0 Å². The highest BCUT2D eigenvalue weighted by Gasteiger charge is 2.29. The zero-order valence-corrected chi connectivity index (χ0v) is 11.4. The molecular weight excluding hydrogens is 282 g/mol. The molecule has 2 N–H and O–H groups in total. The van der Waals surface area contributed by atoms with Gasteiger partial charge in [0.1, 0.15) is 11.9 Å². The number of carbonyl (C=O) groups excluding carboxylic acids is 1. The Morgan fingerprint density at radius 2 is 2.35 bits per heavy atom. The summed E-state index contributed by atoms with van der Waals surface area (Å²) in [4.78, 5) is 17.9. The highest BCUT2D eigenvalue weighted by Crippen LogP contribution is 2.31. The lowest BCUT2D eigenvalue weighted by Crippen LogP contribution is -2.48. The Balaban J connectivity index is 2.36. The van der Waals surface area contributed by atoms with E-state index in [4.69, 9.17) is 5.73 Å². The van der Waals surface area contributed by atoms with E-state index in [0.29, 0.717) is 0 Å². The van der Waals surface area contributed by atoms with E-state index < -0.39 is 0 Å². The summed E-state index contributed by atoms with van der Waals surface area (Å²) in [7, 11) is 0. The van der Waals surface area contributed by atoms with Crippen molar-refractivity contribution in [2.45, 2.75) is 32.2 Å². The number of carbonyl (C=O) groups is 1. The lowest BCUT2D eigenvalue weighted by Gasteiger charge is -2.35. The molecule has 1 saturated heterocycles. The second kappa shape index (κ2) is 5.04. The number of hydrogen-bond acceptors (Lipinski definition) is 3. The van der Waals surface area contributed by atoms with Crippen molar-refractivity contribution in [3.63, 3.8) is 0 Å². The quantitative estimate of drug-likeness (QED) is 0.908. The van der Waals surface area contributed by atoms with E-state index in [1.165, 1.54) is 0 Å². The normalized spacial score (nSPS) is 20.4. The number of rotatable bonds is 2. The summed E-state index contributed by atoms with van der Waals surface area (Å²) in [6.45, 7) is 2.85. The van der Waals surface area contributed by atoms with Crippen molar-refractivity contribution in [3.8, 4) is 0 Å². The third-order valence-corrected chi connectivity index (χ3v) is 4.15. The molecular formula is C12H16BrN3O. The van der Waals surface area contributed by atoms with Crippen LogP contribution < -0.4 is 10.6 Å². The van der Waals surface area contributed by atoms with E-state index >= 15 is 0 Å². The second-order valence-corrected chi connectivity index (χ2v) is 5.17. The molecule has 0 aliphatic carbocycles. The number of amides is 1. The summed E-state index contributed by atoms with van der Waals surface area (Å²) in [5.41, 5.74) is 6.57. The SMILES string of the molecule is Cc1ccnc(N2CCCCC2C(N)=O)c1Br. The summed E-state index contributed by atoms with van der Waals surface area (Å²) in [6, 6.07) is 1.71. The number of pyridine rings is 1. The lowest BCUT2D eigenvalue weighted by atomic mass is 10.0. The minimum absolute atomic E-state index is 0.227. The highest BCUT2D eigenvalue weighted by atomic mass is 79.9. The monoisotopic (exact) mass is 297 g/mol. The zero-order valence-electron chi connectivity index (χ0n) is 9.82. The molecule has 1 aromatic rings. The number of hydrogen-bond donors (Lipinski definition) is 1. The molecule has 0 bridgehead atoms. The molecule has 5 heteroatoms. The van der Waals surface area contributed by atoms with E-state index in [1.54, 1.807) is 6.20 Å². The van der Waals surface area contributed by atoms with Gasteiger partial charge in [-0.2, -0.15) is 0 Å². The molecule has 0 aromatic carbocycles. The molecule has 17 heavy (non-hydrogen) atoms. The topological polar surface area (TPSA) is 59.2 Å². The maximum atomic E-state index is 11.5. The fourth-order valence-electron chi connectivity index (χ4n) is 2.21. The summed E-state index contributed by atoms with van der Waals surface area (Å²) in [5, 5.41) is 0. The van der Waals surface area contributed by atoms with Gasteiger partial charge < -0.3 is 10.6 Å². The van der Waals surface area contributed by atoms with Crippen LogP contribution in [0.3, 0.4) is 0 Å². The molecule has 0 radical (unpaired) electrons. The predicted molar refractivity (Wildman–Crippen MR) is 70.9 cm³/mol. The van der Waals surface area contributed by atoms with Crippen LogP contribution in [0.15, 0.2) is 16.7 Å². The van der Waals surface area contributed by atoms with Crippen LogP contribution in [-0.2, 0) is 4.79 Å². The van der Waals surface area contributed by atoms with E-state index in [-0.39, 0.29) is 11.9 Å². The fraction of sp³-hybridized carbons (Fsp3) is 0.500. The van der Waals surface area contributed by atoms with Crippen LogP contribution in [0.5, 0.6) is 0 Å². The Bertz CT molecular complexity index is 436. The number of nitrogens with zero attached hydrogens (tertiary/aromatic N) is 2. The van der Waals surface area contributed by atoms with Crippen molar-refractivity contribution in [1.82, 2.24) is 4.98 Å². The first-order valence-electron chi connectivity index (χ1n) is 5.78. The minimum Gasteiger partial charge on any atom is -0.368 e. The molecule has 1 aromatic heterocycles. The average Bonchev–Trinajstić information content (AvgIpc) is 2.33. The van der Waals surface area contributed by atoms with Crippen molar-refractivity contribution >= 4 is 27.7 Å². The molecule has 4 nitrogen and oxygen atoms in total. The molecule has 1 atom stereocenters. The Hall–Kier alpha value is -1.10. The largest absolute Gasteiger partial charge is 0.368 e. The summed E-state index contributed by atoms with van der Waals surface area (Å²) >= 11 is 3.54. The van der Waals surface area contributed by atoms with Gasteiger partial charge in [-0.1, -0.05) is 0 Å². The number of aryl methyl sites for hydroxylation is 1. The maximum absolute atomic E-state index is 11.5. The summed E-state index contributed by atoms with van der Waals surface area (Å²) in [5.74, 6) is 0.563. The number of nitrogens with two attached hydrogens (primary N) is 1. The molecule has 2 heterocycles. The van der Waals surface area contributed by atoms with E-state index in [1.807, 2.05) is 17.9 Å². The Labute approximate surface area is 109 Å². The summed E-state index contributed by atoms with van der Waals surface area (Å²) in [6.07, 6.45) is 4.71. The molecule has 1 aliphatic heterocycles. The van der Waals surface area contributed by atoms with Crippen LogP contribution in [0.25, 0.3) is 0 Å². The number of anilines is 1. The fourth-order valence-corrected chi connectivity index (χ4v) is 2.67. The van der Waals surface area contributed by atoms with Gasteiger partial charge in [-0.15, -0.1) is 0 Å². The Kier molecular flexibility index (Phi) is 3.66. The van der Waals surface area contributed by atoms with Crippen LogP contribution in [-0.4, -0.2) is 23.5 Å². The molecule has 1 amide bonds. The van der Waals surface area contributed by atoms with Crippen LogP contribution in [0.1, 0.15) is 24.8 Å². The van der Waals surface area contributed by atoms with Gasteiger partial charge >= 0.3 is 0 Å². The lowest BCUT2D eigenvalue weighted by molar-refractivity contribution is -0.119. The summed E-state index contributed by atoms with van der Waals surface area (Å²) < 4.78 is 0.952. The standard InChI is InChI=1S/C12H16BrN3O/c1-8-5-6-15-12(10(8)13)16-7-3-2-4-9(16)11(14)17/h5-6,9H,2-4,7H2,1H3,(H2,14,17). The molecule has 0 spiro atoms. The van der Waals surface area contributed by atoms with E-state index in [0.717, 1.165) is 41.7 Å². The smallest absolute Gasteiger partial charge is 0.240 e. The van der Waals surface area contributed by atoms with Gasteiger partial charge in [-0.25, -0.2) is 4.98 Å². The van der Waals surface area contributed by atoms with Crippen molar-refractivity contribution in [2.75, 3.05) is 11.4 Å². The first-order chi connectivity index (χ1) is 8.11. The molecule has 0 saturated carbocycles. The minimum atomic E-state index is -0.264. The predicted octanol–water partition coefficient (Wildman–Crippen LogP) is 2.00. The Morgan fingerprint density at radius 1 is 1.59 bits per heavy atom. The van der Waals surface area contributed by atoms with Gasteiger partial charge in [0.15, 0.2) is 0 Å². The van der Waals surface area contributed by atoms with Gasteiger partial charge in [-0.05, 0) is 53.7 Å². The Morgan fingerprint density at radius 3 is 3.06 bits per heavy atom. The van der Waals surface area contributed by atoms with E-state index in [9.17, 15) is 4.79 Å². The number of aromatic nitrogens is 1. The van der Waals surface area contributed by atoms with Crippen LogP contribution in [0, 0.1) is 6.92 Å². The van der Waals surface area contributed by atoms with Crippen molar-refractivity contribution in [1.29, 1.82) is 0 Å². The van der Waals surface area contributed by atoms with Gasteiger partial charge in [0.2, 0.25) is 5.91 Å². The third-order valence-electron chi connectivity index (χ3n) is 3.17. The molecule has 1 fully saturated rings. The molecule has 1 aliphatic rings. The van der Waals surface area contributed by atoms with Crippen molar-refractivity contribution in [3.05, 3.63) is 22.3 Å². The number of piperidine rings is 1. The highest BCUT2D eigenvalue weighted by molar-refractivity contribution is 9.10. The first kappa shape index (κ1) is 12.4. The maximum Gasteiger partial charge on any atom is 0.240 e. The van der Waals surface area contributed by atoms with Crippen molar-refractivity contribution < 1.29 is 4.79 Å². The van der Waals surface area contributed by atoms with Crippen LogP contribution >= 0.6 is 15.9 Å². The van der Waals surface area contributed by atoms with Gasteiger partial charge in [0.05, 0.1) is 4.47 Å². The number of primary amides is 1. The first-order valence-corrected chi connectivity index (χ1v) is 6.57. The van der Waals surface area contributed by atoms with E-state index in [2.05, 4.69) is 20.9 Å². The molecule has 2 rings (SSSR count).